The Morgan fingerprint density at radius 1 is 1.00 bits per heavy atom. The molecule has 0 radical (unpaired) electrons. The van der Waals surface area contributed by atoms with E-state index >= 15 is 0 Å². The summed E-state index contributed by atoms with van der Waals surface area (Å²) in [4.78, 5) is 23.6. The summed E-state index contributed by atoms with van der Waals surface area (Å²) in [5.41, 5.74) is 5.55. The lowest BCUT2D eigenvalue weighted by molar-refractivity contribution is -0.134. The molecule has 22 heavy (non-hydrogen) atoms. The molecule has 1 saturated heterocycles. The maximum Gasteiger partial charge on any atom is 0.234 e. The number of fused-ring (bicyclic) bond motifs is 1. The van der Waals surface area contributed by atoms with Crippen LogP contribution in [-0.4, -0.2) is 11.8 Å². The van der Waals surface area contributed by atoms with E-state index in [0.717, 1.165) is 18.4 Å². The summed E-state index contributed by atoms with van der Waals surface area (Å²) in [6.07, 6.45) is 5.70. The molecule has 3 rings (SSSR count). The Hall–Kier alpha value is -1.64. The zero-order valence-corrected chi connectivity index (χ0v) is 13.8. The van der Waals surface area contributed by atoms with E-state index in [9.17, 15) is 9.59 Å². The van der Waals surface area contributed by atoms with E-state index in [1.54, 1.807) is 0 Å². The van der Waals surface area contributed by atoms with Gasteiger partial charge < -0.3 is 0 Å². The molecule has 118 valence electrons. The maximum absolute atomic E-state index is 12.2. The Balaban J connectivity index is 2.06. The standard InChI is InChI=1S/C19H25NO2/c1-19(2,3)16-10-8-13(12-6-4-5-7-14(12)16)15-9-11-17(21)20-18(15)22/h8,10,15H,4-7,9,11H2,1-3H3,(H,20,21,22). The number of amides is 2. The first-order chi connectivity index (χ1) is 10.4. The molecular formula is C19H25NO2. The second-order valence-corrected chi connectivity index (χ2v) is 7.62. The van der Waals surface area contributed by atoms with E-state index in [4.69, 9.17) is 0 Å². The van der Waals surface area contributed by atoms with Crippen molar-refractivity contribution in [1.29, 1.82) is 0 Å². The number of rotatable bonds is 1. The van der Waals surface area contributed by atoms with E-state index in [2.05, 4.69) is 38.2 Å². The van der Waals surface area contributed by atoms with Gasteiger partial charge in [0.2, 0.25) is 11.8 Å². The Kier molecular flexibility index (Phi) is 3.84. The van der Waals surface area contributed by atoms with E-state index in [1.165, 1.54) is 29.5 Å². The first-order valence-corrected chi connectivity index (χ1v) is 8.37. The average molecular weight is 299 g/mol. The highest BCUT2D eigenvalue weighted by molar-refractivity contribution is 6.01. The van der Waals surface area contributed by atoms with Crippen molar-refractivity contribution in [2.75, 3.05) is 0 Å². The van der Waals surface area contributed by atoms with Crippen LogP contribution < -0.4 is 5.32 Å². The summed E-state index contributed by atoms with van der Waals surface area (Å²) >= 11 is 0. The van der Waals surface area contributed by atoms with Crippen molar-refractivity contribution in [3.63, 3.8) is 0 Å². The van der Waals surface area contributed by atoms with E-state index < -0.39 is 0 Å². The molecule has 1 aliphatic heterocycles. The molecule has 1 N–H and O–H groups in total. The van der Waals surface area contributed by atoms with Crippen molar-refractivity contribution < 1.29 is 9.59 Å². The third-order valence-electron chi connectivity index (χ3n) is 4.99. The van der Waals surface area contributed by atoms with Crippen LogP contribution in [0, 0.1) is 0 Å². The summed E-state index contributed by atoms with van der Waals surface area (Å²) in [6, 6.07) is 4.36. The van der Waals surface area contributed by atoms with E-state index in [0.29, 0.717) is 12.8 Å². The minimum absolute atomic E-state index is 0.118. The van der Waals surface area contributed by atoms with Gasteiger partial charge in [-0.25, -0.2) is 0 Å². The quantitative estimate of drug-likeness (QED) is 0.808. The van der Waals surface area contributed by atoms with Crippen LogP contribution in [0.2, 0.25) is 0 Å². The molecule has 1 heterocycles. The fourth-order valence-corrected chi connectivity index (χ4v) is 3.91. The van der Waals surface area contributed by atoms with Gasteiger partial charge in [-0.05, 0) is 59.8 Å². The van der Waals surface area contributed by atoms with Crippen LogP contribution in [0.25, 0.3) is 0 Å². The number of piperidine rings is 1. The number of imide groups is 1. The van der Waals surface area contributed by atoms with Gasteiger partial charge in [0.25, 0.3) is 0 Å². The Labute approximate surface area is 132 Å². The van der Waals surface area contributed by atoms with Gasteiger partial charge in [0.05, 0.1) is 5.92 Å². The number of benzene rings is 1. The molecule has 2 aliphatic rings. The van der Waals surface area contributed by atoms with Crippen LogP contribution in [0.5, 0.6) is 0 Å². The highest BCUT2D eigenvalue weighted by Crippen LogP contribution is 2.38. The lowest BCUT2D eigenvalue weighted by Gasteiger charge is -2.32. The lowest BCUT2D eigenvalue weighted by Crippen LogP contribution is -2.40. The third kappa shape index (κ3) is 2.69. The Bertz CT molecular complexity index is 625. The minimum atomic E-state index is -0.154. The monoisotopic (exact) mass is 299 g/mol. The van der Waals surface area contributed by atoms with Crippen molar-refractivity contribution in [2.24, 2.45) is 0 Å². The minimum Gasteiger partial charge on any atom is -0.296 e. The molecule has 2 amide bonds. The zero-order chi connectivity index (χ0) is 15.9. The van der Waals surface area contributed by atoms with Gasteiger partial charge in [0.1, 0.15) is 0 Å². The number of carbonyl (C=O) groups is 2. The van der Waals surface area contributed by atoms with Crippen LogP contribution in [0.1, 0.15) is 74.6 Å². The van der Waals surface area contributed by atoms with Crippen LogP contribution in [0.15, 0.2) is 12.1 Å². The largest absolute Gasteiger partial charge is 0.296 e. The van der Waals surface area contributed by atoms with Crippen molar-refractivity contribution in [3.05, 3.63) is 34.4 Å². The van der Waals surface area contributed by atoms with Crippen LogP contribution >= 0.6 is 0 Å². The van der Waals surface area contributed by atoms with Gasteiger partial charge in [0.15, 0.2) is 0 Å². The summed E-state index contributed by atoms with van der Waals surface area (Å²) in [5, 5.41) is 2.50. The van der Waals surface area contributed by atoms with Gasteiger partial charge in [0, 0.05) is 6.42 Å². The Morgan fingerprint density at radius 3 is 2.32 bits per heavy atom. The van der Waals surface area contributed by atoms with E-state index in [-0.39, 0.29) is 23.1 Å². The van der Waals surface area contributed by atoms with Crippen molar-refractivity contribution in [3.8, 4) is 0 Å². The molecule has 1 fully saturated rings. The second-order valence-electron chi connectivity index (χ2n) is 7.62. The molecule has 3 heteroatoms. The first kappa shape index (κ1) is 15.3. The normalized spacial score (nSPS) is 22.2. The molecule has 1 atom stereocenters. The van der Waals surface area contributed by atoms with Gasteiger partial charge in [-0.2, -0.15) is 0 Å². The first-order valence-electron chi connectivity index (χ1n) is 8.37. The van der Waals surface area contributed by atoms with Crippen LogP contribution in [-0.2, 0) is 27.8 Å². The molecule has 0 aromatic heterocycles. The number of hydrogen-bond donors (Lipinski definition) is 1. The van der Waals surface area contributed by atoms with Gasteiger partial charge in [-0.15, -0.1) is 0 Å². The smallest absolute Gasteiger partial charge is 0.234 e. The predicted octanol–water partition coefficient (Wildman–Crippen LogP) is 3.38. The van der Waals surface area contributed by atoms with Crippen LogP contribution in [0.4, 0.5) is 0 Å². The SMILES string of the molecule is CC(C)(C)c1ccc(C2CCC(=O)NC2=O)c2c1CCCC2. The fraction of sp³-hybridized carbons (Fsp3) is 0.579. The Morgan fingerprint density at radius 2 is 1.68 bits per heavy atom. The summed E-state index contributed by atoms with van der Waals surface area (Å²) in [5.74, 6) is -0.410. The highest BCUT2D eigenvalue weighted by Gasteiger charge is 2.32. The molecule has 1 aromatic carbocycles. The van der Waals surface area contributed by atoms with Gasteiger partial charge in [-0.3, -0.25) is 14.9 Å². The molecule has 1 aliphatic carbocycles. The average Bonchev–Trinajstić information content (AvgIpc) is 2.45. The third-order valence-corrected chi connectivity index (χ3v) is 4.99. The molecular weight excluding hydrogens is 274 g/mol. The number of carbonyl (C=O) groups excluding carboxylic acids is 2. The molecule has 3 nitrogen and oxygen atoms in total. The summed E-state index contributed by atoms with van der Waals surface area (Å²) in [6.45, 7) is 6.76. The predicted molar refractivity (Wildman–Crippen MR) is 86.9 cm³/mol. The fourth-order valence-electron chi connectivity index (χ4n) is 3.91. The van der Waals surface area contributed by atoms with Crippen molar-refractivity contribution in [1.82, 2.24) is 5.32 Å². The summed E-state index contributed by atoms with van der Waals surface area (Å²) < 4.78 is 0. The van der Waals surface area contributed by atoms with Crippen LogP contribution in [0.3, 0.4) is 0 Å². The molecule has 0 saturated carbocycles. The molecule has 1 aromatic rings. The number of nitrogens with one attached hydrogen (secondary N) is 1. The van der Waals surface area contributed by atoms with Gasteiger partial charge in [-0.1, -0.05) is 32.9 Å². The second kappa shape index (κ2) is 5.53. The highest BCUT2D eigenvalue weighted by atomic mass is 16.2. The zero-order valence-electron chi connectivity index (χ0n) is 13.8. The topological polar surface area (TPSA) is 46.2 Å². The van der Waals surface area contributed by atoms with Crippen molar-refractivity contribution in [2.45, 2.75) is 70.6 Å². The molecule has 0 bridgehead atoms. The van der Waals surface area contributed by atoms with E-state index in [1.807, 2.05) is 0 Å². The molecule has 0 spiro atoms. The van der Waals surface area contributed by atoms with Crippen molar-refractivity contribution >= 4 is 11.8 Å². The lowest BCUT2D eigenvalue weighted by atomic mass is 9.74. The maximum atomic E-state index is 12.2. The number of hydrogen-bond acceptors (Lipinski definition) is 2. The summed E-state index contributed by atoms with van der Waals surface area (Å²) in [7, 11) is 0. The van der Waals surface area contributed by atoms with Gasteiger partial charge >= 0.3 is 0 Å². The molecule has 1 unspecified atom stereocenters.